The van der Waals surface area contributed by atoms with Crippen LogP contribution in [-0.4, -0.2) is 11.8 Å². The molecule has 0 aliphatic heterocycles. The van der Waals surface area contributed by atoms with E-state index in [1.165, 1.54) is 0 Å². The molecule has 0 spiro atoms. The Morgan fingerprint density at radius 3 is 2.53 bits per heavy atom. The summed E-state index contributed by atoms with van der Waals surface area (Å²) in [5.41, 5.74) is 0.445. The van der Waals surface area contributed by atoms with Crippen LogP contribution in [0.3, 0.4) is 0 Å². The highest BCUT2D eigenvalue weighted by Crippen LogP contribution is 2.15. The fraction of sp³-hybridized carbons (Fsp3) is 0.417. The molecule has 0 heterocycles. The van der Waals surface area contributed by atoms with Gasteiger partial charge in [-0.3, -0.25) is 0 Å². The SMILES string of the molecule is Cc1c[c]cc(OC(=O)OC(C)(C)C)c1. The third-order valence-electron chi connectivity index (χ3n) is 1.50. The summed E-state index contributed by atoms with van der Waals surface area (Å²) in [7, 11) is 0. The van der Waals surface area contributed by atoms with Gasteiger partial charge in [-0.15, -0.1) is 0 Å². The predicted octanol–water partition coefficient (Wildman–Crippen LogP) is 3.11. The van der Waals surface area contributed by atoms with Gasteiger partial charge in [-0.2, -0.15) is 0 Å². The highest BCUT2D eigenvalue weighted by atomic mass is 16.7. The summed E-state index contributed by atoms with van der Waals surface area (Å²) >= 11 is 0. The van der Waals surface area contributed by atoms with Crippen molar-refractivity contribution in [2.24, 2.45) is 0 Å². The van der Waals surface area contributed by atoms with E-state index in [1.54, 1.807) is 32.9 Å². The second-order valence-corrected chi connectivity index (χ2v) is 4.31. The van der Waals surface area contributed by atoms with E-state index in [9.17, 15) is 4.79 Å². The summed E-state index contributed by atoms with van der Waals surface area (Å²) in [6.07, 6.45) is -0.693. The summed E-state index contributed by atoms with van der Waals surface area (Å²) in [5, 5.41) is 0. The molecule has 3 nitrogen and oxygen atoms in total. The normalized spacial score (nSPS) is 10.9. The number of carbonyl (C=O) groups is 1. The van der Waals surface area contributed by atoms with Gasteiger partial charge in [0.15, 0.2) is 0 Å². The Hall–Kier alpha value is -1.51. The minimum atomic E-state index is -0.693. The minimum Gasteiger partial charge on any atom is -0.428 e. The first-order valence-corrected chi connectivity index (χ1v) is 4.75. The standard InChI is InChI=1S/C12H15O3/c1-9-6-5-7-10(8-9)14-11(13)15-12(2,3)4/h6-8H,1-4H3. The molecule has 1 rings (SSSR count). The molecule has 3 heteroatoms. The van der Waals surface area contributed by atoms with Crippen molar-refractivity contribution >= 4 is 6.16 Å². The topological polar surface area (TPSA) is 35.5 Å². The quantitative estimate of drug-likeness (QED) is 0.524. The van der Waals surface area contributed by atoms with E-state index >= 15 is 0 Å². The van der Waals surface area contributed by atoms with Gasteiger partial charge in [-0.05, 0) is 51.5 Å². The molecule has 0 saturated carbocycles. The highest BCUT2D eigenvalue weighted by molar-refractivity contribution is 5.64. The van der Waals surface area contributed by atoms with Crippen LogP contribution in [0.15, 0.2) is 18.2 Å². The van der Waals surface area contributed by atoms with Crippen molar-refractivity contribution in [3.63, 3.8) is 0 Å². The Morgan fingerprint density at radius 1 is 1.33 bits per heavy atom. The molecule has 0 saturated heterocycles. The number of carbonyl (C=O) groups excluding carboxylic acids is 1. The van der Waals surface area contributed by atoms with Crippen molar-refractivity contribution < 1.29 is 14.3 Å². The van der Waals surface area contributed by atoms with Crippen molar-refractivity contribution in [3.8, 4) is 5.75 Å². The number of benzene rings is 1. The fourth-order valence-electron chi connectivity index (χ4n) is 0.989. The van der Waals surface area contributed by atoms with E-state index in [0.717, 1.165) is 5.56 Å². The molecule has 0 aromatic heterocycles. The largest absolute Gasteiger partial charge is 0.514 e. The molecule has 0 aliphatic rings. The summed E-state index contributed by atoms with van der Waals surface area (Å²) < 4.78 is 9.99. The second-order valence-electron chi connectivity index (χ2n) is 4.31. The maximum atomic E-state index is 11.3. The van der Waals surface area contributed by atoms with Crippen LogP contribution in [0.2, 0.25) is 0 Å². The second kappa shape index (κ2) is 4.34. The summed E-state index contributed by atoms with van der Waals surface area (Å²) in [4.78, 5) is 11.3. The van der Waals surface area contributed by atoms with Gasteiger partial charge in [0.25, 0.3) is 0 Å². The van der Waals surface area contributed by atoms with E-state index in [-0.39, 0.29) is 0 Å². The van der Waals surface area contributed by atoms with Crippen LogP contribution in [0.5, 0.6) is 5.75 Å². The average Bonchev–Trinajstić information content (AvgIpc) is 1.99. The Morgan fingerprint density at radius 2 is 2.00 bits per heavy atom. The van der Waals surface area contributed by atoms with E-state index in [2.05, 4.69) is 6.07 Å². The molecule has 1 aromatic rings. The fourth-order valence-corrected chi connectivity index (χ4v) is 0.989. The average molecular weight is 207 g/mol. The van der Waals surface area contributed by atoms with Crippen molar-refractivity contribution in [2.75, 3.05) is 0 Å². The Kier molecular flexibility index (Phi) is 3.35. The van der Waals surface area contributed by atoms with Crippen molar-refractivity contribution in [1.29, 1.82) is 0 Å². The third-order valence-corrected chi connectivity index (χ3v) is 1.50. The van der Waals surface area contributed by atoms with E-state index in [0.29, 0.717) is 5.75 Å². The predicted molar refractivity (Wildman–Crippen MR) is 56.9 cm³/mol. The van der Waals surface area contributed by atoms with Crippen LogP contribution in [0.25, 0.3) is 0 Å². The van der Waals surface area contributed by atoms with Crippen LogP contribution < -0.4 is 4.74 Å². The first-order valence-electron chi connectivity index (χ1n) is 4.75. The van der Waals surface area contributed by atoms with E-state index in [1.807, 2.05) is 13.0 Å². The summed E-state index contributed by atoms with van der Waals surface area (Å²) in [5.74, 6) is 0.448. The lowest BCUT2D eigenvalue weighted by molar-refractivity contribution is 0.0206. The van der Waals surface area contributed by atoms with Crippen molar-refractivity contribution in [2.45, 2.75) is 33.3 Å². The van der Waals surface area contributed by atoms with Crippen molar-refractivity contribution in [1.82, 2.24) is 0 Å². The molecule has 15 heavy (non-hydrogen) atoms. The Labute approximate surface area is 90.0 Å². The zero-order chi connectivity index (χ0) is 11.5. The summed E-state index contributed by atoms with van der Waals surface area (Å²) in [6.45, 7) is 7.27. The first-order chi connectivity index (χ1) is 6.87. The number of ether oxygens (including phenoxy) is 2. The lowest BCUT2D eigenvalue weighted by Crippen LogP contribution is -2.25. The number of rotatable bonds is 1. The molecular formula is C12H15O3. The van der Waals surface area contributed by atoms with Gasteiger partial charge < -0.3 is 9.47 Å². The molecule has 0 bridgehead atoms. The molecule has 1 aromatic carbocycles. The first kappa shape index (κ1) is 11.6. The van der Waals surface area contributed by atoms with E-state index in [4.69, 9.17) is 9.47 Å². The lowest BCUT2D eigenvalue weighted by Gasteiger charge is -2.18. The lowest BCUT2D eigenvalue weighted by atomic mass is 10.2. The minimum absolute atomic E-state index is 0.448. The molecule has 0 atom stereocenters. The van der Waals surface area contributed by atoms with Gasteiger partial charge in [-0.1, -0.05) is 6.07 Å². The van der Waals surface area contributed by atoms with Gasteiger partial charge in [-0.25, -0.2) is 4.79 Å². The molecule has 0 aliphatic carbocycles. The van der Waals surface area contributed by atoms with E-state index < -0.39 is 11.8 Å². The van der Waals surface area contributed by atoms with Crippen LogP contribution in [0.1, 0.15) is 26.3 Å². The maximum Gasteiger partial charge on any atom is 0.514 e. The molecule has 81 valence electrons. The smallest absolute Gasteiger partial charge is 0.428 e. The van der Waals surface area contributed by atoms with Gasteiger partial charge in [0.2, 0.25) is 0 Å². The van der Waals surface area contributed by atoms with Crippen LogP contribution >= 0.6 is 0 Å². The van der Waals surface area contributed by atoms with Crippen LogP contribution in [-0.2, 0) is 4.74 Å². The Balaban J connectivity index is 2.59. The zero-order valence-corrected chi connectivity index (χ0v) is 9.46. The van der Waals surface area contributed by atoms with Gasteiger partial charge in [0, 0.05) is 0 Å². The monoisotopic (exact) mass is 207 g/mol. The van der Waals surface area contributed by atoms with Crippen LogP contribution in [0.4, 0.5) is 4.79 Å². The molecular weight excluding hydrogens is 192 g/mol. The number of hydrogen-bond donors (Lipinski definition) is 0. The van der Waals surface area contributed by atoms with Gasteiger partial charge >= 0.3 is 6.16 Å². The number of aryl methyl sites for hydroxylation is 1. The van der Waals surface area contributed by atoms with Crippen LogP contribution in [0, 0.1) is 13.0 Å². The summed E-state index contributed by atoms with van der Waals surface area (Å²) in [6, 6.07) is 8.02. The molecule has 0 amide bonds. The molecule has 1 radical (unpaired) electrons. The molecule has 0 N–H and O–H groups in total. The van der Waals surface area contributed by atoms with Gasteiger partial charge in [0.1, 0.15) is 11.4 Å². The molecule has 0 unspecified atom stereocenters. The van der Waals surface area contributed by atoms with Gasteiger partial charge in [0.05, 0.1) is 0 Å². The zero-order valence-electron chi connectivity index (χ0n) is 9.46. The molecule has 0 fully saturated rings. The van der Waals surface area contributed by atoms with Crippen molar-refractivity contribution in [3.05, 3.63) is 29.8 Å². The Bertz CT molecular complexity index is 350. The third kappa shape index (κ3) is 4.49. The maximum absolute atomic E-state index is 11.3. The number of hydrogen-bond acceptors (Lipinski definition) is 3. The highest BCUT2D eigenvalue weighted by Gasteiger charge is 2.17.